The zero-order valence-corrected chi connectivity index (χ0v) is 9.68. The van der Waals surface area contributed by atoms with Crippen LogP contribution in [0.4, 0.5) is 0 Å². The molecule has 0 saturated carbocycles. The summed E-state index contributed by atoms with van der Waals surface area (Å²) in [6.07, 6.45) is 4.16. The smallest absolute Gasteiger partial charge is 0.00481 e. The van der Waals surface area contributed by atoms with Crippen LogP contribution in [0.1, 0.15) is 33.1 Å². The second kappa shape index (κ2) is 4.19. The predicted molar refractivity (Wildman–Crippen MR) is 60.4 cm³/mol. The highest BCUT2D eigenvalue weighted by Gasteiger charge is 2.32. The summed E-state index contributed by atoms with van der Waals surface area (Å²) >= 11 is 0. The molecule has 2 atom stereocenters. The Morgan fingerprint density at radius 2 is 2.36 bits per heavy atom. The molecule has 0 aromatic heterocycles. The molecule has 82 valence electrons. The first-order valence-electron chi connectivity index (χ1n) is 6.15. The lowest BCUT2D eigenvalue weighted by atomic mass is 9.89. The number of nitrogens with one attached hydrogen (secondary N) is 1. The molecule has 0 aromatic rings. The van der Waals surface area contributed by atoms with Crippen LogP contribution in [0.15, 0.2) is 0 Å². The van der Waals surface area contributed by atoms with Crippen LogP contribution < -0.4 is 5.32 Å². The lowest BCUT2D eigenvalue weighted by molar-refractivity contribution is 0.203. The van der Waals surface area contributed by atoms with E-state index in [0.29, 0.717) is 5.41 Å². The summed E-state index contributed by atoms with van der Waals surface area (Å²) in [6.45, 7) is 11.2. The van der Waals surface area contributed by atoms with E-state index in [-0.39, 0.29) is 0 Å². The maximum Gasteiger partial charge on any atom is 0.00481 e. The van der Waals surface area contributed by atoms with Crippen LogP contribution in [0, 0.1) is 11.3 Å². The first-order chi connectivity index (χ1) is 6.72. The average Bonchev–Trinajstić information content (AvgIpc) is 2.75. The van der Waals surface area contributed by atoms with E-state index in [1.165, 1.54) is 52.0 Å². The second-order valence-corrected chi connectivity index (χ2v) is 5.54. The molecule has 0 aliphatic carbocycles. The first-order valence-corrected chi connectivity index (χ1v) is 6.15. The van der Waals surface area contributed by atoms with Gasteiger partial charge in [0.25, 0.3) is 0 Å². The molecule has 2 heterocycles. The molecule has 2 nitrogen and oxygen atoms in total. The van der Waals surface area contributed by atoms with Crippen LogP contribution in [-0.4, -0.2) is 37.6 Å². The Kier molecular flexibility index (Phi) is 3.13. The first kappa shape index (κ1) is 10.4. The van der Waals surface area contributed by atoms with Gasteiger partial charge in [0.15, 0.2) is 0 Å². The molecule has 0 spiro atoms. The van der Waals surface area contributed by atoms with E-state index >= 15 is 0 Å². The molecule has 2 unspecified atom stereocenters. The van der Waals surface area contributed by atoms with Crippen molar-refractivity contribution in [3.8, 4) is 0 Å². The molecule has 0 aromatic carbocycles. The van der Waals surface area contributed by atoms with E-state index in [0.717, 1.165) is 5.92 Å². The topological polar surface area (TPSA) is 15.3 Å². The van der Waals surface area contributed by atoms with Gasteiger partial charge >= 0.3 is 0 Å². The van der Waals surface area contributed by atoms with Crippen molar-refractivity contribution < 1.29 is 0 Å². The van der Waals surface area contributed by atoms with Crippen molar-refractivity contribution in [1.29, 1.82) is 0 Å². The third-order valence-electron chi connectivity index (χ3n) is 4.01. The molecule has 2 saturated heterocycles. The van der Waals surface area contributed by atoms with Crippen LogP contribution in [0.2, 0.25) is 0 Å². The van der Waals surface area contributed by atoms with Gasteiger partial charge in [-0.2, -0.15) is 0 Å². The summed E-state index contributed by atoms with van der Waals surface area (Å²) in [6, 6.07) is 0. The molecule has 1 N–H and O–H groups in total. The van der Waals surface area contributed by atoms with Crippen molar-refractivity contribution in [2.45, 2.75) is 33.1 Å². The highest BCUT2D eigenvalue weighted by Crippen LogP contribution is 2.29. The van der Waals surface area contributed by atoms with E-state index in [1.807, 2.05) is 0 Å². The third kappa shape index (κ3) is 2.29. The van der Waals surface area contributed by atoms with E-state index in [9.17, 15) is 0 Å². The van der Waals surface area contributed by atoms with Crippen molar-refractivity contribution in [2.75, 3.05) is 32.7 Å². The van der Waals surface area contributed by atoms with Crippen molar-refractivity contribution in [2.24, 2.45) is 11.3 Å². The van der Waals surface area contributed by atoms with E-state index < -0.39 is 0 Å². The molecule has 0 radical (unpaired) electrons. The minimum absolute atomic E-state index is 0.558. The van der Waals surface area contributed by atoms with Gasteiger partial charge in [0, 0.05) is 19.6 Å². The summed E-state index contributed by atoms with van der Waals surface area (Å²) in [4.78, 5) is 2.68. The van der Waals surface area contributed by atoms with E-state index in [1.54, 1.807) is 0 Å². The highest BCUT2D eigenvalue weighted by atomic mass is 15.2. The van der Waals surface area contributed by atoms with Crippen molar-refractivity contribution >= 4 is 0 Å². The molecule has 2 aliphatic heterocycles. The largest absolute Gasteiger partial charge is 0.316 e. The standard InChI is InChI=1S/C12H24N2/c1-3-11-4-7-14(8-11)10-12(2)5-6-13-9-12/h11,13H,3-10H2,1-2H3. The Morgan fingerprint density at radius 1 is 1.50 bits per heavy atom. The van der Waals surface area contributed by atoms with Crippen LogP contribution >= 0.6 is 0 Å². The molecule has 2 heteroatoms. The normalized spacial score (nSPS) is 39.4. The Balaban J connectivity index is 1.80. The Labute approximate surface area is 88.1 Å². The molecule has 14 heavy (non-hydrogen) atoms. The molecular formula is C12H24N2. The van der Waals surface area contributed by atoms with Gasteiger partial charge in [0.2, 0.25) is 0 Å². The maximum absolute atomic E-state index is 3.49. The molecule has 0 bridgehead atoms. The predicted octanol–water partition coefficient (Wildman–Crippen LogP) is 1.72. The van der Waals surface area contributed by atoms with Crippen LogP contribution in [0.3, 0.4) is 0 Å². The van der Waals surface area contributed by atoms with Gasteiger partial charge in [-0.25, -0.2) is 0 Å². The number of hydrogen-bond donors (Lipinski definition) is 1. The van der Waals surface area contributed by atoms with Crippen molar-refractivity contribution in [3.63, 3.8) is 0 Å². The number of likely N-dealkylation sites (tertiary alicyclic amines) is 1. The molecule has 2 aliphatic rings. The fourth-order valence-corrected chi connectivity index (χ4v) is 2.93. The monoisotopic (exact) mass is 196 g/mol. The Hall–Kier alpha value is -0.0800. The SMILES string of the molecule is CCC1CCN(CC2(C)CCNC2)C1. The zero-order valence-electron chi connectivity index (χ0n) is 9.68. The quantitative estimate of drug-likeness (QED) is 0.739. The molecule has 0 amide bonds. The third-order valence-corrected chi connectivity index (χ3v) is 4.01. The highest BCUT2D eigenvalue weighted by molar-refractivity contribution is 4.88. The van der Waals surface area contributed by atoms with E-state index in [2.05, 4.69) is 24.1 Å². The Morgan fingerprint density at radius 3 is 2.93 bits per heavy atom. The summed E-state index contributed by atoms with van der Waals surface area (Å²) in [5.41, 5.74) is 0.558. The summed E-state index contributed by atoms with van der Waals surface area (Å²) in [5, 5.41) is 3.49. The fraction of sp³-hybridized carbons (Fsp3) is 1.00. The second-order valence-electron chi connectivity index (χ2n) is 5.54. The van der Waals surface area contributed by atoms with Gasteiger partial charge in [-0.1, -0.05) is 20.3 Å². The van der Waals surface area contributed by atoms with Crippen LogP contribution in [0.25, 0.3) is 0 Å². The minimum Gasteiger partial charge on any atom is -0.316 e. The van der Waals surface area contributed by atoms with E-state index in [4.69, 9.17) is 0 Å². The number of rotatable bonds is 3. The van der Waals surface area contributed by atoms with Gasteiger partial charge in [0.1, 0.15) is 0 Å². The molecular weight excluding hydrogens is 172 g/mol. The average molecular weight is 196 g/mol. The Bertz CT molecular complexity index is 185. The fourth-order valence-electron chi connectivity index (χ4n) is 2.93. The van der Waals surface area contributed by atoms with Crippen molar-refractivity contribution in [1.82, 2.24) is 10.2 Å². The van der Waals surface area contributed by atoms with Crippen LogP contribution in [0.5, 0.6) is 0 Å². The van der Waals surface area contributed by atoms with Gasteiger partial charge in [0.05, 0.1) is 0 Å². The van der Waals surface area contributed by atoms with Gasteiger partial charge in [-0.3, -0.25) is 0 Å². The summed E-state index contributed by atoms with van der Waals surface area (Å²) < 4.78 is 0. The van der Waals surface area contributed by atoms with Gasteiger partial charge < -0.3 is 10.2 Å². The van der Waals surface area contributed by atoms with Crippen molar-refractivity contribution in [3.05, 3.63) is 0 Å². The lowest BCUT2D eigenvalue weighted by Crippen LogP contribution is -2.36. The number of nitrogens with zero attached hydrogens (tertiary/aromatic N) is 1. The zero-order chi connectivity index (χ0) is 10.0. The molecule has 2 rings (SSSR count). The summed E-state index contributed by atoms with van der Waals surface area (Å²) in [5.74, 6) is 0.980. The minimum atomic E-state index is 0.558. The molecule has 2 fully saturated rings. The van der Waals surface area contributed by atoms with Gasteiger partial charge in [-0.05, 0) is 37.3 Å². The summed E-state index contributed by atoms with van der Waals surface area (Å²) in [7, 11) is 0. The lowest BCUT2D eigenvalue weighted by Gasteiger charge is -2.29. The van der Waals surface area contributed by atoms with Crippen LogP contribution in [-0.2, 0) is 0 Å². The maximum atomic E-state index is 3.49. The van der Waals surface area contributed by atoms with Gasteiger partial charge in [-0.15, -0.1) is 0 Å². The number of hydrogen-bond acceptors (Lipinski definition) is 2.